The number of hydrogen-bond acceptors (Lipinski definition) is 4. The van der Waals surface area contributed by atoms with E-state index in [-0.39, 0.29) is 6.61 Å². The van der Waals surface area contributed by atoms with Crippen LogP contribution in [0.25, 0.3) is 0 Å². The number of aryl methyl sites for hydroxylation is 1. The fourth-order valence-corrected chi connectivity index (χ4v) is 2.91. The van der Waals surface area contributed by atoms with E-state index >= 15 is 0 Å². The van der Waals surface area contributed by atoms with Crippen LogP contribution in [0.2, 0.25) is 0 Å². The molecule has 1 aromatic heterocycles. The normalized spacial score (nSPS) is 12.8. The third-order valence-electron chi connectivity index (χ3n) is 4.27. The highest BCUT2D eigenvalue weighted by Crippen LogP contribution is 2.24. The Kier molecular flexibility index (Phi) is 9.92. The van der Waals surface area contributed by atoms with E-state index in [0.717, 1.165) is 60.9 Å². The van der Waals surface area contributed by atoms with Crippen LogP contribution in [-0.2, 0) is 6.54 Å². The second-order valence-corrected chi connectivity index (χ2v) is 6.29. The van der Waals surface area contributed by atoms with Crippen molar-refractivity contribution < 1.29 is 9.84 Å². The number of hydrogen-bond donors (Lipinski definition) is 3. The van der Waals surface area contributed by atoms with Crippen molar-refractivity contribution in [1.82, 2.24) is 15.6 Å². The predicted octanol–water partition coefficient (Wildman–Crippen LogP) is 2.56. The lowest BCUT2D eigenvalue weighted by Crippen LogP contribution is -2.40. The van der Waals surface area contributed by atoms with Gasteiger partial charge < -0.3 is 20.5 Å². The summed E-state index contributed by atoms with van der Waals surface area (Å²) in [5, 5.41) is 15.9. The van der Waals surface area contributed by atoms with Crippen LogP contribution in [-0.4, -0.2) is 42.9 Å². The summed E-state index contributed by atoms with van der Waals surface area (Å²) in [6.45, 7) is 10.6. The number of ether oxygens (including phenoxy) is 1. The van der Waals surface area contributed by atoms with Gasteiger partial charge in [-0.3, -0.25) is 4.98 Å². The first-order valence-electron chi connectivity index (χ1n) is 9.19. The monoisotopic (exact) mass is 350 g/mol. The number of aromatic nitrogens is 1. The molecule has 3 N–H and O–H groups in total. The van der Waals surface area contributed by atoms with Gasteiger partial charge in [0, 0.05) is 37.0 Å². The molecule has 0 aliphatic heterocycles. The molecule has 1 aromatic rings. The van der Waals surface area contributed by atoms with E-state index in [9.17, 15) is 5.11 Å². The van der Waals surface area contributed by atoms with Crippen molar-refractivity contribution in [2.75, 3.05) is 26.8 Å². The quantitative estimate of drug-likeness (QED) is 0.446. The SMILES string of the molecule is CCCC(CCO)CNC(=NCc1ncc(C)c(OC)c1C)NCC. The van der Waals surface area contributed by atoms with Crippen LogP contribution < -0.4 is 15.4 Å². The first-order valence-corrected chi connectivity index (χ1v) is 9.19. The topological polar surface area (TPSA) is 78.8 Å². The van der Waals surface area contributed by atoms with Gasteiger partial charge in [0.15, 0.2) is 5.96 Å². The highest BCUT2D eigenvalue weighted by atomic mass is 16.5. The number of aliphatic hydroxyl groups excluding tert-OH is 1. The minimum atomic E-state index is 0.228. The van der Waals surface area contributed by atoms with Crippen LogP contribution in [0, 0.1) is 19.8 Å². The number of rotatable bonds is 10. The Morgan fingerprint density at radius 2 is 2.04 bits per heavy atom. The first kappa shape index (κ1) is 21.2. The molecule has 0 bridgehead atoms. The third kappa shape index (κ3) is 6.90. The van der Waals surface area contributed by atoms with Crippen LogP contribution in [0.5, 0.6) is 5.75 Å². The Morgan fingerprint density at radius 1 is 1.28 bits per heavy atom. The molecular weight excluding hydrogens is 316 g/mol. The average molecular weight is 351 g/mol. The van der Waals surface area contributed by atoms with Gasteiger partial charge in [0.2, 0.25) is 0 Å². The summed E-state index contributed by atoms with van der Waals surface area (Å²) in [4.78, 5) is 9.15. The van der Waals surface area contributed by atoms with Gasteiger partial charge in [-0.05, 0) is 39.5 Å². The average Bonchev–Trinajstić information content (AvgIpc) is 2.59. The van der Waals surface area contributed by atoms with Crippen molar-refractivity contribution >= 4 is 5.96 Å². The molecule has 0 amide bonds. The number of nitrogens with one attached hydrogen (secondary N) is 2. The van der Waals surface area contributed by atoms with Gasteiger partial charge in [-0.25, -0.2) is 4.99 Å². The standard InChI is InChI=1S/C19H34N4O2/c1-6-8-16(9-10-24)12-22-19(20-7-2)23-13-17-15(4)18(25-5)14(3)11-21-17/h11,16,24H,6-10,12-13H2,1-5H3,(H2,20,22,23). The molecule has 0 radical (unpaired) electrons. The summed E-state index contributed by atoms with van der Waals surface area (Å²) in [7, 11) is 1.68. The highest BCUT2D eigenvalue weighted by molar-refractivity contribution is 5.79. The maximum Gasteiger partial charge on any atom is 0.191 e. The van der Waals surface area contributed by atoms with Crippen LogP contribution in [0.15, 0.2) is 11.2 Å². The summed E-state index contributed by atoms with van der Waals surface area (Å²) in [6.07, 6.45) is 4.86. The molecule has 1 atom stereocenters. The second-order valence-electron chi connectivity index (χ2n) is 6.29. The zero-order valence-electron chi connectivity index (χ0n) is 16.4. The number of nitrogens with zero attached hydrogens (tertiary/aromatic N) is 2. The van der Waals surface area contributed by atoms with Gasteiger partial charge in [0.05, 0.1) is 19.3 Å². The Morgan fingerprint density at radius 3 is 2.64 bits per heavy atom. The molecule has 0 saturated carbocycles. The zero-order valence-corrected chi connectivity index (χ0v) is 16.4. The largest absolute Gasteiger partial charge is 0.496 e. The first-order chi connectivity index (χ1) is 12.1. The molecule has 25 heavy (non-hydrogen) atoms. The number of aliphatic imine (C=N–C) groups is 1. The molecule has 0 saturated heterocycles. The van der Waals surface area contributed by atoms with Crippen LogP contribution in [0.1, 0.15) is 49.9 Å². The van der Waals surface area contributed by atoms with E-state index in [1.807, 2.05) is 27.0 Å². The van der Waals surface area contributed by atoms with Gasteiger partial charge in [-0.15, -0.1) is 0 Å². The molecule has 1 unspecified atom stereocenters. The molecular formula is C19H34N4O2. The van der Waals surface area contributed by atoms with Gasteiger partial charge in [-0.1, -0.05) is 13.3 Å². The molecule has 6 nitrogen and oxygen atoms in total. The van der Waals surface area contributed by atoms with Gasteiger partial charge in [0.25, 0.3) is 0 Å². The van der Waals surface area contributed by atoms with E-state index < -0.39 is 0 Å². The van der Waals surface area contributed by atoms with E-state index in [1.165, 1.54) is 0 Å². The maximum absolute atomic E-state index is 9.19. The molecule has 0 aliphatic rings. The van der Waals surface area contributed by atoms with E-state index in [0.29, 0.717) is 12.5 Å². The Balaban J connectivity index is 2.78. The van der Waals surface area contributed by atoms with Gasteiger partial charge in [0.1, 0.15) is 5.75 Å². The van der Waals surface area contributed by atoms with Gasteiger partial charge >= 0.3 is 0 Å². The lowest BCUT2D eigenvalue weighted by molar-refractivity contribution is 0.251. The second kappa shape index (κ2) is 11.7. The summed E-state index contributed by atoms with van der Waals surface area (Å²) in [6, 6.07) is 0. The molecule has 0 aliphatic carbocycles. The smallest absolute Gasteiger partial charge is 0.191 e. The number of pyridine rings is 1. The van der Waals surface area contributed by atoms with E-state index in [1.54, 1.807) is 7.11 Å². The van der Waals surface area contributed by atoms with Crippen molar-refractivity contribution in [2.45, 2.75) is 53.5 Å². The Labute approximate surface area is 152 Å². The summed E-state index contributed by atoms with van der Waals surface area (Å²) in [5.41, 5.74) is 2.98. The Bertz CT molecular complexity index is 540. The minimum Gasteiger partial charge on any atom is -0.496 e. The fourth-order valence-electron chi connectivity index (χ4n) is 2.91. The molecule has 1 heterocycles. The van der Waals surface area contributed by atoms with Crippen molar-refractivity contribution in [3.63, 3.8) is 0 Å². The molecule has 1 rings (SSSR count). The number of aliphatic hydroxyl groups is 1. The molecule has 0 aromatic carbocycles. The lowest BCUT2D eigenvalue weighted by Gasteiger charge is -2.18. The number of methoxy groups -OCH3 is 1. The molecule has 0 fully saturated rings. The van der Waals surface area contributed by atoms with Crippen LogP contribution >= 0.6 is 0 Å². The van der Waals surface area contributed by atoms with Crippen LogP contribution in [0.3, 0.4) is 0 Å². The Hall–Kier alpha value is -1.82. The van der Waals surface area contributed by atoms with E-state index in [4.69, 9.17) is 4.74 Å². The minimum absolute atomic E-state index is 0.228. The molecule has 142 valence electrons. The third-order valence-corrected chi connectivity index (χ3v) is 4.27. The highest BCUT2D eigenvalue weighted by Gasteiger charge is 2.11. The maximum atomic E-state index is 9.19. The van der Waals surface area contributed by atoms with Crippen molar-refractivity contribution in [3.8, 4) is 5.75 Å². The van der Waals surface area contributed by atoms with Crippen molar-refractivity contribution in [1.29, 1.82) is 0 Å². The summed E-state index contributed by atoms with van der Waals surface area (Å²) in [5.74, 6) is 2.12. The van der Waals surface area contributed by atoms with E-state index in [2.05, 4.69) is 27.5 Å². The molecule has 0 spiro atoms. The lowest BCUT2D eigenvalue weighted by atomic mass is 10.0. The predicted molar refractivity (Wildman–Crippen MR) is 103 cm³/mol. The number of guanidine groups is 1. The van der Waals surface area contributed by atoms with Crippen molar-refractivity contribution in [2.24, 2.45) is 10.9 Å². The fraction of sp³-hybridized carbons (Fsp3) is 0.684. The van der Waals surface area contributed by atoms with Crippen molar-refractivity contribution in [3.05, 3.63) is 23.0 Å². The summed E-state index contributed by atoms with van der Waals surface area (Å²) < 4.78 is 5.46. The zero-order chi connectivity index (χ0) is 18.7. The van der Waals surface area contributed by atoms with Gasteiger partial charge in [-0.2, -0.15) is 0 Å². The summed E-state index contributed by atoms with van der Waals surface area (Å²) >= 11 is 0. The van der Waals surface area contributed by atoms with Crippen LogP contribution in [0.4, 0.5) is 0 Å². The molecule has 6 heteroatoms.